The van der Waals surface area contributed by atoms with Crippen LogP contribution in [-0.4, -0.2) is 89.7 Å². The number of ether oxygens (including phenoxy) is 6. The molecule has 3 aromatic heterocycles. The summed E-state index contributed by atoms with van der Waals surface area (Å²) in [7, 11) is 0. The quantitative estimate of drug-likeness (QED) is 0.0295. The lowest BCUT2D eigenvalue weighted by atomic mass is 10.2. The average molecular weight is 1080 g/mol. The number of nitro groups is 2. The van der Waals surface area contributed by atoms with Crippen molar-refractivity contribution in [3.63, 3.8) is 0 Å². The summed E-state index contributed by atoms with van der Waals surface area (Å²) in [5.74, 6) is 1.62. The zero-order chi connectivity index (χ0) is 56.7. The molecule has 78 heavy (non-hydrogen) atoms. The summed E-state index contributed by atoms with van der Waals surface area (Å²) in [6, 6.07) is 26.7. The molecule has 24 nitrogen and oxygen atoms in total. The summed E-state index contributed by atoms with van der Waals surface area (Å²) in [5.41, 5.74) is 6.47. The van der Waals surface area contributed by atoms with Gasteiger partial charge in [0.25, 0.3) is 11.4 Å². The minimum atomic E-state index is -0.843. The molecular weight excluding hydrogens is 1020 g/mol. The van der Waals surface area contributed by atoms with Gasteiger partial charge >= 0.3 is 11.4 Å². The second-order valence-corrected chi connectivity index (χ2v) is 15.9. The van der Waals surface area contributed by atoms with Crippen LogP contribution in [0.3, 0.4) is 0 Å². The number of hydrogen-bond acceptors (Lipinski definition) is 21. The second kappa shape index (κ2) is 29.5. The standard InChI is InChI=1S/C28H29N5O6.C10H13NO4.C10H15NO2.C6H5NO4/c1-4-7-15-22-29-26(34)24(28(35)33(22)25-20(36-5-2)13-10-14-21(25)37-6-3)27-31-30-23(38-27)16-18-17-11-8-9-12-19(17)39-32-18;1-3-14-8-6-5-7-9(15-4-2)10(8)11(12)13;1-3-12-8-6-5-7-9(10(8)11)13-4-2;8-4-2-1-3-5(9)6(4)7(10)11/h8-14,34H,4-7,15-16H2,1-3H3;5-7H,3-4H2,1-2H3;5-7H,3-4,11H2,1-2H3;1-3,8-9H. The number of aromatic hydroxyl groups is 3. The number of nitrogen functional groups attached to an aromatic ring is 1. The van der Waals surface area contributed by atoms with E-state index >= 15 is 0 Å². The number of anilines is 1. The first-order valence-corrected chi connectivity index (χ1v) is 24.9. The lowest BCUT2D eigenvalue weighted by molar-refractivity contribution is -0.387. The fraction of sp³-hybridized carbons (Fsp3) is 0.315. The third-order valence-corrected chi connectivity index (χ3v) is 10.7. The topological polar surface area (TPSA) is 328 Å². The van der Waals surface area contributed by atoms with E-state index in [4.69, 9.17) is 53.3 Å². The number of aryl methyl sites for hydroxylation is 1. The van der Waals surface area contributed by atoms with E-state index in [1.165, 1.54) is 10.6 Å². The van der Waals surface area contributed by atoms with E-state index in [9.17, 15) is 30.1 Å². The van der Waals surface area contributed by atoms with Crippen molar-refractivity contribution in [2.45, 2.75) is 74.1 Å². The third kappa shape index (κ3) is 15.0. The molecule has 5 N–H and O–H groups in total. The smallest absolute Gasteiger partial charge is 0.352 e. The Morgan fingerprint density at radius 2 is 1.09 bits per heavy atom. The van der Waals surface area contributed by atoms with Gasteiger partial charge in [0.15, 0.2) is 22.6 Å². The molecule has 414 valence electrons. The summed E-state index contributed by atoms with van der Waals surface area (Å²) >= 11 is 0. The molecule has 0 atom stereocenters. The van der Waals surface area contributed by atoms with Crippen molar-refractivity contribution in [1.82, 2.24) is 24.9 Å². The van der Waals surface area contributed by atoms with Crippen molar-refractivity contribution >= 4 is 28.0 Å². The zero-order valence-corrected chi connectivity index (χ0v) is 44.2. The van der Waals surface area contributed by atoms with Gasteiger partial charge in [-0.15, -0.1) is 10.2 Å². The van der Waals surface area contributed by atoms with Crippen LogP contribution in [0.25, 0.3) is 28.1 Å². The maximum Gasteiger partial charge on any atom is 0.352 e. The lowest BCUT2D eigenvalue weighted by Crippen LogP contribution is -2.26. The van der Waals surface area contributed by atoms with Crippen molar-refractivity contribution in [3.8, 4) is 69.0 Å². The number of aromatic nitrogens is 5. The van der Waals surface area contributed by atoms with E-state index in [2.05, 4.69) is 20.3 Å². The van der Waals surface area contributed by atoms with Crippen LogP contribution in [0.4, 0.5) is 17.1 Å². The van der Waals surface area contributed by atoms with Crippen molar-refractivity contribution in [2.24, 2.45) is 0 Å². The molecule has 0 saturated carbocycles. The number of unbranched alkanes of at least 4 members (excludes halogenated alkanes) is 1. The van der Waals surface area contributed by atoms with Gasteiger partial charge in [0.1, 0.15) is 45.9 Å². The van der Waals surface area contributed by atoms with E-state index in [0.717, 1.165) is 30.4 Å². The van der Waals surface area contributed by atoms with Gasteiger partial charge in [-0.2, -0.15) is 4.98 Å². The SMILES string of the molecule is CCCCc1nc(O)c(-c2nnc(Cc3noc4ccccc34)o2)c(=O)n1-c1c(OCC)cccc1OCC.CCOc1cccc(OCC)c1N.CCOc1cccc(OCC)c1[N+](=O)[O-].O=[N+]([O-])c1c(O)cccc1O. The number of para-hydroxylation sites is 5. The first-order chi connectivity index (χ1) is 37.7. The van der Waals surface area contributed by atoms with Crippen LogP contribution in [0.15, 0.2) is 111 Å². The van der Waals surface area contributed by atoms with Crippen LogP contribution < -0.4 is 39.7 Å². The Labute approximate surface area is 447 Å². The second-order valence-electron chi connectivity index (χ2n) is 15.9. The Morgan fingerprint density at radius 3 is 1.59 bits per heavy atom. The number of phenols is 2. The molecule has 8 aromatic rings. The molecule has 0 aliphatic heterocycles. The van der Waals surface area contributed by atoms with E-state index in [1.807, 2.05) is 77.1 Å². The Balaban J connectivity index is 0.000000233. The maximum atomic E-state index is 14.1. The van der Waals surface area contributed by atoms with E-state index < -0.39 is 38.5 Å². The van der Waals surface area contributed by atoms with Gasteiger partial charge in [-0.1, -0.05) is 54.9 Å². The van der Waals surface area contributed by atoms with Crippen LogP contribution in [0.5, 0.6) is 51.9 Å². The van der Waals surface area contributed by atoms with E-state index in [1.54, 1.807) is 50.2 Å². The lowest BCUT2D eigenvalue weighted by Gasteiger charge is -2.20. The molecule has 0 aliphatic carbocycles. The number of hydrogen-bond donors (Lipinski definition) is 4. The highest BCUT2D eigenvalue weighted by molar-refractivity contribution is 5.79. The third-order valence-electron chi connectivity index (χ3n) is 10.7. The molecule has 0 radical (unpaired) electrons. The van der Waals surface area contributed by atoms with Gasteiger partial charge in [0, 0.05) is 11.8 Å². The Hall–Kier alpha value is -9.61. The zero-order valence-electron chi connectivity index (χ0n) is 44.2. The summed E-state index contributed by atoms with van der Waals surface area (Å²) < 4.78 is 45.3. The molecule has 5 aromatic carbocycles. The summed E-state index contributed by atoms with van der Waals surface area (Å²) in [5, 5.41) is 62.7. The fourth-order valence-corrected chi connectivity index (χ4v) is 7.39. The highest BCUT2D eigenvalue weighted by atomic mass is 16.6. The number of nitro benzene ring substituents is 2. The van der Waals surface area contributed by atoms with Gasteiger partial charge in [-0.25, -0.2) is 0 Å². The van der Waals surface area contributed by atoms with Crippen molar-refractivity contribution in [3.05, 3.63) is 145 Å². The Bertz CT molecular complexity index is 3210. The molecular formula is C54H62N8O16. The van der Waals surface area contributed by atoms with Gasteiger partial charge in [-0.05, 0) is 109 Å². The predicted octanol–water partition coefficient (Wildman–Crippen LogP) is 10.3. The fourth-order valence-electron chi connectivity index (χ4n) is 7.39. The van der Waals surface area contributed by atoms with Gasteiger partial charge in [-0.3, -0.25) is 29.6 Å². The van der Waals surface area contributed by atoms with Crippen molar-refractivity contribution < 1.29 is 62.5 Å². The number of fused-ring (bicyclic) bond motifs is 1. The van der Waals surface area contributed by atoms with Gasteiger partial charge < -0.3 is 58.4 Å². The molecule has 0 amide bonds. The number of rotatable bonds is 21. The van der Waals surface area contributed by atoms with Crippen LogP contribution >= 0.6 is 0 Å². The molecule has 0 spiro atoms. The normalized spacial score (nSPS) is 10.4. The van der Waals surface area contributed by atoms with Crippen LogP contribution in [0, 0.1) is 20.2 Å². The number of nitrogens with zero attached hydrogens (tertiary/aromatic N) is 7. The van der Waals surface area contributed by atoms with Crippen molar-refractivity contribution in [1.29, 1.82) is 0 Å². The average Bonchev–Trinajstić information content (AvgIpc) is 4.12. The Morgan fingerprint density at radius 1 is 0.615 bits per heavy atom. The monoisotopic (exact) mass is 1080 g/mol. The first kappa shape index (κ1) is 59.3. The summed E-state index contributed by atoms with van der Waals surface area (Å²) in [4.78, 5) is 38.1. The summed E-state index contributed by atoms with van der Waals surface area (Å²) in [6.07, 6.45) is 2.25. The minimum absolute atomic E-state index is 0.110. The van der Waals surface area contributed by atoms with Crippen LogP contribution in [0.2, 0.25) is 0 Å². The number of phenolic OH excluding ortho intramolecular Hbond substituents is 2. The highest BCUT2D eigenvalue weighted by Gasteiger charge is 2.28. The molecule has 0 saturated heterocycles. The Kier molecular flexibility index (Phi) is 22.4. The maximum absolute atomic E-state index is 14.1. The molecule has 0 aliphatic rings. The molecule has 3 heterocycles. The van der Waals surface area contributed by atoms with E-state index in [-0.39, 0.29) is 41.0 Å². The largest absolute Gasteiger partial charge is 0.502 e. The van der Waals surface area contributed by atoms with Gasteiger partial charge in [0.2, 0.25) is 23.3 Å². The molecule has 0 unspecified atom stereocenters. The minimum Gasteiger partial charge on any atom is -0.502 e. The predicted molar refractivity (Wildman–Crippen MR) is 288 cm³/mol. The highest BCUT2D eigenvalue weighted by Crippen LogP contribution is 2.38. The molecule has 24 heteroatoms. The molecule has 0 fully saturated rings. The molecule has 8 rings (SSSR count). The molecule has 0 bridgehead atoms. The van der Waals surface area contributed by atoms with Gasteiger partial charge in [0.05, 0.1) is 55.9 Å². The van der Waals surface area contributed by atoms with Crippen LogP contribution in [0.1, 0.15) is 78.7 Å². The van der Waals surface area contributed by atoms with Crippen molar-refractivity contribution in [2.75, 3.05) is 45.4 Å². The van der Waals surface area contributed by atoms with Crippen LogP contribution in [-0.2, 0) is 12.8 Å². The number of nitrogens with two attached hydrogens (primary N) is 1. The van der Waals surface area contributed by atoms with E-state index in [0.29, 0.717) is 97.5 Å². The first-order valence-electron chi connectivity index (χ1n) is 24.9. The summed E-state index contributed by atoms with van der Waals surface area (Å²) in [6.45, 7) is 15.9. The number of benzene rings is 5.